The number of pyridine rings is 2. The van der Waals surface area contributed by atoms with E-state index in [1.807, 2.05) is 35.0 Å². The number of nitrogens with two attached hydrogens (primary N) is 1. The molecule has 3 N–H and O–H groups in total. The number of nitrogens with zero attached hydrogens (tertiary/aromatic N) is 3. The van der Waals surface area contributed by atoms with Gasteiger partial charge in [-0.1, -0.05) is 18.2 Å². The highest BCUT2D eigenvalue weighted by Gasteiger charge is 2.25. The first-order valence-electron chi connectivity index (χ1n) is 9.62. The van der Waals surface area contributed by atoms with Crippen LogP contribution in [0.5, 0.6) is 17.5 Å². The van der Waals surface area contributed by atoms with E-state index in [1.54, 1.807) is 20.4 Å². The molecule has 4 aromatic rings. The molecule has 148 valence electrons. The molecule has 0 atom stereocenters. The molecular formula is C22H22N4O3. The van der Waals surface area contributed by atoms with Crippen molar-refractivity contribution in [2.75, 3.05) is 20.0 Å². The number of aromatic hydroxyl groups is 1. The van der Waals surface area contributed by atoms with Crippen molar-refractivity contribution in [3.63, 3.8) is 0 Å². The van der Waals surface area contributed by atoms with Gasteiger partial charge in [0.25, 0.3) is 0 Å². The molecule has 29 heavy (non-hydrogen) atoms. The van der Waals surface area contributed by atoms with Crippen LogP contribution < -0.4 is 15.2 Å². The molecule has 0 aliphatic heterocycles. The zero-order valence-corrected chi connectivity index (χ0v) is 16.3. The van der Waals surface area contributed by atoms with Crippen molar-refractivity contribution in [2.45, 2.75) is 25.3 Å². The van der Waals surface area contributed by atoms with E-state index in [4.69, 9.17) is 20.2 Å². The number of benzene rings is 1. The Balaban J connectivity index is 1.80. The third-order valence-electron chi connectivity index (χ3n) is 5.83. The molecule has 0 spiro atoms. The number of fused-ring (bicyclic) bond motifs is 2. The molecule has 0 saturated heterocycles. The molecule has 0 amide bonds. The van der Waals surface area contributed by atoms with Crippen LogP contribution in [0.15, 0.2) is 36.7 Å². The van der Waals surface area contributed by atoms with Crippen LogP contribution in [0.3, 0.4) is 0 Å². The lowest BCUT2D eigenvalue weighted by Crippen LogP contribution is -2.15. The lowest BCUT2D eigenvalue weighted by molar-refractivity contribution is 0.283. The molecule has 1 fully saturated rings. The normalized spacial score (nSPS) is 14.3. The standard InChI is InChI=1S/C22H22N4O3/c1-28-13-9-16(21(29-2)24-10-13)14-7-4-8-15-19(23)18-17(25-20(14)15)11-26(22(18)27)12-5-3-6-12/h4,7-12,27H,3,5-6,23H2,1-2H3. The highest BCUT2D eigenvalue weighted by atomic mass is 16.5. The van der Waals surface area contributed by atoms with Crippen LogP contribution in [0.2, 0.25) is 0 Å². The van der Waals surface area contributed by atoms with Crippen molar-refractivity contribution in [3.05, 3.63) is 36.7 Å². The molecular weight excluding hydrogens is 368 g/mol. The third-order valence-corrected chi connectivity index (χ3v) is 5.83. The van der Waals surface area contributed by atoms with Gasteiger partial charge in [0.2, 0.25) is 11.8 Å². The number of methoxy groups -OCH3 is 2. The Morgan fingerprint density at radius 2 is 2.00 bits per heavy atom. The minimum absolute atomic E-state index is 0.197. The van der Waals surface area contributed by atoms with Gasteiger partial charge in [-0.15, -0.1) is 0 Å². The summed E-state index contributed by atoms with van der Waals surface area (Å²) in [5.74, 6) is 1.30. The summed E-state index contributed by atoms with van der Waals surface area (Å²) in [5, 5.41) is 12.2. The van der Waals surface area contributed by atoms with Gasteiger partial charge >= 0.3 is 0 Å². The average Bonchev–Trinajstić information content (AvgIpc) is 3.02. The lowest BCUT2D eigenvalue weighted by atomic mass is 9.93. The van der Waals surface area contributed by atoms with Gasteiger partial charge < -0.3 is 24.9 Å². The van der Waals surface area contributed by atoms with Gasteiger partial charge in [0.05, 0.1) is 42.5 Å². The summed E-state index contributed by atoms with van der Waals surface area (Å²) < 4.78 is 12.7. The second kappa shape index (κ2) is 6.55. The fraction of sp³-hybridized carbons (Fsp3) is 0.273. The monoisotopic (exact) mass is 390 g/mol. The van der Waals surface area contributed by atoms with Crippen molar-refractivity contribution < 1.29 is 14.6 Å². The van der Waals surface area contributed by atoms with Crippen LogP contribution in [0.1, 0.15) is 25.3 Å². The van der Waals surface area contributed by atoms with Crippen molar-refractivity contribution >= 4 is 27.5 Å². The van der Waals surface area contributed by atoms with Crippen LogP contribution in [0.25, 0.3) is 32.9 Å². The number of anilines is 1. The van der Waals surface area contributed by atoms with Crippen molar-refractivity contribution in [3.8, 4) is 28.6 Å². The van der Waals surface area contributed by atoms with Crippen LogP contribution in [-0.2, 0) is 0 Å². The van der Waals surface area contributed by atoms with Gasteiger partial charge in [0, 0.05) is 28.8 Å². The molecule has 5 rings (SSSR count). The summed E-state index contributed by atoms with van der Waals surface area (Å²) in [6, 6.07) is 7.98. The number of aromatic nitrogens is 3. The summed E-state index contributed by atoms with van der Waals surface area (Å²) in [6.45, 7) is 0. The fourth-order valence-electron chi connectivity index (χ4n) is 4.04. The molecule has 1 aliphatic rings. The maximum Gasteiger partial charge on any atom is 0.221 e. The van der Waals surface area contributed by atoms with E-state index in [9.17, 15) is 5.11 Å². The van der Waals surface area contributed by atoms with Crippen LogP contribution in [0.4, 0.5) is 5.69 Å². The predicted octanol–water partition coefficient (Wildman–Crippen LogP) is 4.28. The third kappa shape index (κ3) is 2.57. The molecule has 0 unspecified atom stereocenters. The van der Waals surface area contributed by atoms with E-state index in [0.717, 1.165) is 34.9 Å². The summed E-state index contributed by atoms with van der Waals surface area (Å²) in [7, 11) is 3.18. The second-order valence-electron chi connectivity index (χ2n) is 7.36. The Morgan fingerprint density at radius 1 is 1.17 bits per heavy atom. The Bertz CT molecular complexity index is 1240. The van der Waals surface area contributed by atoms with Gasteiger partial charge in [-0.3, -0.25) is 0 Å². The highest BCUT2D eigenvalue weighted by molar-refractivity contribution is 6.12. The Hall–Kier alpha value is -3.48. The van der Waals surface area contributed by atoms with Crippen LogP contribution in [-0.4, -0.2) is 33.9 Å². The van der Waals surface area contributed by atoms with Gasteiger partial charge in [-0.25, -0.2) is 9.97 Å². The predicted molar refractivity (Wildman–Crippen MR) is 113 cm³/mol. The summed E-state index contributed by atoms with van der Waals surface area (Å²) in [5.41, 5.74) is 10.1. The van der Waals surface area contributed by atoms with Crippen molar-refractivity contribution in [1.29, 1.82) is 0 Å². The minimum atomic E-state index is 0.197. The van der Waals surface area contributed by atoms with Gasteiger partial charge in [-0.2, -0.15) is 0 Å². The summed E-state index contributed by atoms with van der Waals surface area (Å²) in [4.78, 5) is 9.23. The van der Waals surface area contributed by atoms with Crippen LogP contribution >= 0.6 is 0 Å². The van der Waals surface area contributed by atoms with Crippen molar-refractivity contribution in [2.24, 2.45) is 0 Å². The molecule has 0 radical (unpaired) electrons. The zero-order valence-electron chi connectivity index (χ0n) is 16.3. The van der Waals surface area contributed by atoms with E-state index in [2.05, 4.69) is 4.98 Å². The first-order chi connectivity index (χ1) is 14.1. The second-order valence-corrected chi connectivity index (χ2v) is 7.36. The summed E-state index contributed by atoms with van der Waals surface area (Å²) >= 11 is 0. The Kier molecular flexibility index (Phi) is 3.97. The molecule has 3 aromatic heterocycles. The lowest BCUT2D eigenvalue weighted by Gasteiger charge is -2.27. The number of ether oxygens (including phenoxy) is 2. The smallest absolute Gasteiger partial charge is 0.221 e. The van der Waals surface area contributed by atoms with E-state index in [-0.39, 0.29) is 5.88 Å². The zero-order chi connectivity index (χ0) is 20.1. The Morgan fingerprint density at radius 3 is 2.69 bits per heavy atom. The molecule has 7 heteroatoms. The average molecular weight is 390 g/mol. The van der Waals surface area contributed by atoms with E-state index in [0.29, 0.717) is 34.3 Å². The Labute approximate surface area is 167 Å². The number of para-hydroxylation sites is 1. The first-order valence-corrected chi connectivity index (χ1v) is 9.62. The summed E-state index contributed by atoms with van der Waals surface area (Å²) in [6.07, 6.45) is 6.82. The topological polar surface area (TPSA) is 95.4 Å². The highest BCUT2D eigenvalue weighted by Crippen LogP contribution is 2.44. The number of rotatable bonds is 4. The van der Waals surface area contributed by atoms with E-state index in [1.165, 1.54) is 6.42 Å². The molecule has 3 heterocycles. The van der Waals surface area contributed by atoms with Gasteiger partial charge in [-0.05, 0) is 25.3 Å². The van der Waals surface area contributed by atoms with Gasteiger partial charge in [0.15, 0.2) is 0 Å². The van der Waals surface area contributed by atoms with Gasteiger partial charge in [0.1, 0.15) is 5.75 Å². The number of hydrogen-bond donors (Lipinski definition) is 2. The van der Waals surface area contributed by atoms with E-state index < -0.39 is 0 Å². The SMILES string of the molecule is COc1cnc(OC)c(-c2cccc3c(N)c4c(O)n(C5CCC5)cc4nc23)c1. The minimum Gasteiger partial charge on any atom is -0.495 e. The number of nitrogen functional groups attached to an aromatic ring is 1. The fourth-order valence-corrected chi connectivity index (χ4v) is 4.04. The quantitative estimate of drug-likeness (QED) is 0.540. The van der Waals surface area contributed by atoms with Crippen molar-refractivity contribution in [1.82, 2.24) is 14.5 Å². The number of hydrogen-bond acceptors (Lipinski definition) is 6. The van der Waals surface area contributed by atoms with Crippen LogP contribution in [0, 0.1) is 0 Å². The molecule has 7 nitrogen and oxygen atoms in total. The largest absolute Gasteiger partial charge is 0.495 e. The maximum atomic E-state index is 10.8. The van der Waals surface area contributed by atoms with E-state index >= 15 is 0 Å². The maximum absolute atomic E-state index is 10.8. The molecule has 1 aromatic carbocycles. The first kappa shape index (κ1) is 17.6. The molecule has 1 saturated carbocycles. The molecule has 0 bridgehead atoms. The molecule has 1 aliphatic carbocycles.